The molecule has 0 aliphatic heterocycles. The zero-order valence-electron chi connectivity index (χ0n) is 5.61. The molecule has 0 fully saturated rings. The molecule has 54 valence electrons. The molecule has 1 aromatic rings. The number of nitrogens with zero attached hydrogens (tertiary/aromatic N) is 2. The van der Waals surface area contributed by atoms with Crippen LogP contribution in [0.3, 0.4) is 0 Å². The number of nitriles is 1. The van der Waals surface area contributed by atoms with Gasteiger partial charge in [-0.2, -0.15) is 5.26 Å². The maximum Gasteiger partial charge on any atom is 0.0991 e. The summed E-state index contributed by atoms with van der Waals surface area (Å²) in [6.07, 6.45) is 0. The van der Waals surface area contributed by atoms with Crippen molar-refractivity contribution in [1.29, 1.82) is 5.26 Å². The summed E-state index contributed by atoms with van der Waals surface area (Å²) in [5, 5.41) is 10.9. The van der Waals surface area contributed by atoms with Gasteiger partial charge in [0.05, 0.1) is 22.6 Å². The standard InChI is InChI=1S/C7H5N3O/c8-5-6-1-3-7(4-2-6)9-10-11/h1-4H,(H,9,11). The van der Waals surface area contributed by atoms with Crippen LogP contribution in [0.4, 0.5) is 5.69 Å². The Balaban J connectivity index is 2.84. The van der Waals surface area contributed by atoms with E-state index in [2.05, 4.69) is 10.7 Å². The monoisotopic (exact) mass is 147 g/mol. The zero-order chi connectivity index (χ0) is 8.10. The highest BCUT2D eigenvalue weighted by Crippen LogP contribution is 2.07. The van der Waals surface area contributed by atoms with Gasteiger partial charge in [-0.1, -0.05) is 0 Å². The van der Waals surface area contributed by atoms with Crippen LogP contribution >= 0.6 is 0 Å². The maximum atomic E-state index is 9.70. The molecular formula is C7H5N3O. The van der Waals surface area contributed by atoms with Crippen LogP contribution in [-0.4, -0.2) is 0 Å². The first-order chi connectivity index (χ1) is 5.36. The first-order valence-corrected chi connectivity index (χ1v) is 2.95. The molecule has 4 heteroatoms. The molecule has 0 saturated heterocycles. The van der Waals surface area contributed by atoms with E-state index in [1.807, 2.05) is 6.07 Å². The van der Waals surface area contributed by atoms with Gasteiger partial charge in [0.15, 0.2) is 0 Å². The number of rotatable bonds is 2. The normalized spacial score (nSPS) is 8.27. The van der Waals surface area contributed by atoms with Gasteiger partial charge in [0.2, 0.25) is 0 Å². The molecule has 4 nitrogen and oxygen atoms in total. The van der Waals surface area contributed by atoms with Crippen LogP contribution in [0.5, 0.6) is 0 Å². The van der Waals surface area contributed by atoms with Crippen molar-refractivity contribution in [2.75, 3.05) is 5.43 Å². The quantitative estimate of drug-likeness (QED) is 0.511. The van der Waals surface area contributed by atoms with Gasteiger partial charge in [-0.25, -0.2) is 5.43 Å². The lowest BCUT2D eigenvalue weighted by molar-refractivity contribution is 1.31. The Labute approximate surface area is 63.4 Å². The molecule has 0 amide bonds. The minimum Gasteiger partial charge on any atom is -0.242 e. The first kappa shape index (κ1) is 7.22. The van der Waals surface area contributed by atoms with Gasteiger partial charge in [0.25, 0.3) is 0 Å². The number of benzene rings is 1. The Morgan fingerprint density at radius 2 is 2.00 bits per heavy atom. The van der Waals surface area contributed by atoms with Crippen LogP contribution in [-0.2, 0) is 0 Å². The summed E-state index contributed by atoms with van der Waals surface area (Å²) < 4.78 is 0. The van der Waals surface area contributed by atoms with Crippen molar-refractivity contribution in [3.63, 3.8) is 0 Å². The third kappa shape index (κ3) is 1.76. The molecule has 0 aliphatic rings. The van der Waals surface area contributed by atoms with Crippen LogP contribution in [0.15, 0.2) is 29.6 Å². The lowest BCUT2D eigenvalue weighted by Crippen LogP contribution is -1.84. The zero-order valence-corrected chi connectivity index (χ0v) is 5.61. The van der Waals surface area contributed by atoms with Crippen molar-refractivity contribution < 1.29 is 0 Å². The molecular weight excluding hydrogens is 142 g/mol. The lowest BCUT2D eigenvalue weighted by atomic mass is 10.2. The summed E-state index contributed by atoms with van der Waals surface area (Å²) in [4.78, 5) is 9.70. The summed E-state index contributed by atoms with van der Waals surface area (Å²) in [5.74, 6) is 0. The second-order valence-electron chi connectivity index (χ2n) is 1.89. The molecule has 0 heterocycles. The molecule has 0 spiro atoms. The largest absolute Gasteiger partial charge is 0.242 e. The van der Waals surface area contributed by atoms with Crippen molar-refractivity contribution >= 4 is 5.69 Å². The molecule has 0 radical (unpaired) electrons. The molecule has 0 atom stereocenters. The highest BCUT2D eigenvalue weighted by Gasteiger charge is 1.90. The minimum atomic E-state index is 0.557. The second-order valence-corrected chi connectivity index (χ2v) is 1.89. The lowest BCUT2D eigenvalue weighted by Gasteiger charge is -1.94. The van der Waals surface area contributed by atoms with Gasteiger partial charge < -0.3 is 0 Å². The van der Waals surface area contributed by atoms with Gasteiger partial charge in [0, 0.05) is 0 Å². The number of nitrogens with one attached hydrogen (secondary N) is 1. The Bertz CT molecular complexity index is 286. The topological polar surface area (TPSA) is 65.2 Å². The van der Waals surface area contributed by atoms with E-state index in [1.54, 1.807) is 24.3 Å². The Morgan fingerprint density at radius 1 is 1.36 bits per heavy atom. The Kier molecular flexibility index (Phi) is 2.18. The van der Waals surface area contributed by atoms with Crippen LogP contribution in [0.2, 0.25) is 0 Å². The fourth-order valence-electron chi connectivity index (χ4n) is 0.672. The predicted molar refractivity (Wildman–Crippen MR) is 40.6 cm³/mol. The Morgan fingerprint density at radius 3 is 2.45 bits per heavy atom. The van der Waals surface area contributed by atoms with Crippen LogP contribution in [0.25, 0.3) is 0 Å². The predicted octanol–water partition coefficient (Wildman–Crippen LogP) is 1.65. The van der Waals surface area contributed by atoms with E-state index in [4.69, 9.17) is 5.26 Å². The molecule has 0 bridgehead atoms. The minimum absolute atomic E-state index is 0.557. The van der Waals surface area contributed by atoms with Crippen molar-refractivity contribution in [3.05, 3.63) is 34.7 Å². The van der Waals surface area contributed by atoms with Crippen molar-refractivity contribution in [3.8, 4) is 6.07 Å². The van der Waals surface area contributed by atoms with E-state index >= 15 is 0 Å². The average molecular weight is 147 g/mol. The van der Waals surface area contributed by atoms with E-state index in [0.717, 1.165) is 0 Å². The molecule has 1 N–H and O–H groups in total. The van der Waals surface area contributed by atoms with E-state index in [0.29, 0.717) is 11.3 Å². The van der Waals surface area contributed by atoms with Crippen LogP contribution in [0.1, 0.15) is 5.56 Å². The van der Waals surface area contributed by atoms with Gasteiger partial charge in [0.1, 0.15) is 0 Å². The highest BCUT2D eigenvalue weighted by molar-refractivity contribution is 5.46. The van der Waals surface area contributed by atoms with Gasteiger partial charge in [-0.15, -0.1) is 4.91 Å². The molecule has 0 aliphatic carbocycles. The molecule has 0 saturated carbocycles. The third-order valence-electron chi connectivity index (χ3n) is 1.19. The SMILES string of the molecule is N#Cc1ccc(NN=O)cc1. The summed E-state index contributed by atoms with van der Waals surface area (Å²) in [6, 6.07) is 8.39. The van der Waals surface area contributed by atoms with Crippen LogP contribution < -0.4 is 5.43 Å². The third-order valence-corrected chi connectivity index (χ3v) is 1.19. The highest BCUT2D eigenvalue weighted by atomic mass is 16.3. The Hall–Kier alpha value is -1.89. The van der Waals surface area contributed by atoms with Gasteiger partial charge in [-0.05, 0) is 24.3 Å². The van der Waals surface area contributed by atoms with E-state index in [9.17, 15) is 4.91 Å². The van der Waals surface area contributed by atoms with Crippen molar-refractivity contribution in [1.82, 2.24) is 0 Å². The molecule has 0 unspecified atom stereocenters. The first-order valence-electron chi connectivity index (χ1n) is 2.95. The van der Waals surface area contributed by atoms with Crippen LogP contribution in [0, 0.1) is 16.2 Å². The number of nitroso groups, excluding NO2 is 1. The summed E-state index contributed by atoms with van der Waals surface area (Å²) in [7, 11) is 0. The number of anilines is 1. The summed E-state index contributed by atoms with van der Waals surface area (Å²) in [6.45, 7) is 0. The maximum absolute atomic E-state index is 9.70. The molecule has 1 rings (SSSR count). The fourth-order valence-corrected chi connectivity index (χ4v) is 0.672. The van der Waals surface area contributed by atoms with Crippen molar-refractivity contribution in [2.45, 2.75) is 0 Å². The average Bonchev–Trinajstić information content (AvgIpc) is 2.07. The number of hydrogen-bond donors (Lipinski definition) is 1. The van der Waals surface area contributed by atoms with Gasteiger partial charge in [-0.3, -0.25) is 0 Å². The summed E-state index contributed by atoms with van der Waals surface area (Å²) >= 11 is 0. The smallest absolute Gasteiger partial charge is 0.0991 e. The number of hydrogen-bond acceptors (Lipinski definition) is 3. The van der Waals surface area contributed by atoms with Crippen molar-refractivity contribution in [2.24, 2.45) is 5.29 Å². The molecule has 1 aromatic carbocycles. The fraction of sp³-hybridized carbons (Fsp3) is 0. The van der Waals surface area contributed by atoms with E-state index < -0.39 is 0 Å². The molecule has 11 heavy (non-hydrogen) atoms. The second kappa shape index (κ2) is 3.32. The van der Waals surface area contributed by atoms with Gasteiger partial charge >= 0.3 is 0 Å². The van der Waals surface area contributed by atoms with E-state index in [1.165, 1.54) is 0 Å². The summed E-state index contributed by atoms with van der Waals surface area (Å²) in [5.41, 5.74) is 3.36. The van der Waals surface area contributed by atoms with E-state index in [-0.39, 0.29) is 0 Å². The molecule has 0 aromatic heterocycles.